The second-order valence-electron chi connectivity index (χ2n) is 5.78. The topological polar surface area (TPSA) is 64.6 Å². The molecular formula is C16H19NO4. The maximum Gasteiger partial charge on any atom is 0.319 e. The molecule has 0 unspecified atom stereocenters. The van der Waals surface area contributed by atoms with E-state index in [2.05, 4.69) is 5.32 Å². The highest BCUT2D eigenvalue weighted by Crippen LogP contribution is 2.50. The lowest BCUT2D eigenvalue weighted by Gasteiger charge is -2.51. The van der Waals surface area contributed by atoms with Gasteiger partial charge in [0.05, 0.1) is 6.61 Å². The zero-order valence-corrected chi connectivity index (χ0v) is 12.4. The largest absolute Gasteiger partial charge is 0.468 e. The van der Waals surface area contributed by atoms with Crippen LogP contribution in [0.25, 0.3) is 0 Å². The van der Waals surface area contributed by atoms with E-state index < -0.39 is 17.6 Å². The van der Waals surface area contributed by atoms with Crippen LogP contribution in [-0.4, -0.2) is 24.2 Å². The van der Waals surface area contributed by atoms with Crippen molar-refractivity contribution in [1.82, 2.24) is 5.32 Å². The lowest BCUT2D eigenvalue weighted by Crippen LogP contribution is -2.66. The van der Waals surface area contributed by atoms with Crippen molar-refractivity contribution in [2.75, 3.05) is 6.61 Å². The Morgan fingerprint density at radius 2 is 2.14 bits per heavy atom. The molecule has 1 N–H and O–H groups in total. The molecular weight excluding hydrogens is 270 g/mol. The molecule has 2 heterocycles. The Kier molecular flexibility index (Phi) is 3.15. The molecule has 21 heavy (non-hydrogen) atoms. The molecule has 3 rings (SSSR count). The van der Waals surface area contributed by atoms with Crippen LogP contribution in [0.4, 0.5) is 0 Å². The maximum absolute atomic E-state index is 12.4. The van der Waals surface area contributed by atoms with E-state index in [9.17, 15) is 9.59 Å². The number of ether oxygens (including phenoxy) is 2. The lowest BCUT2D eigenvalue weighted by atomic mass is 9.68. The van der Waals surface area contributed by atoms with E-state index in [4.69, 9.17) is 9.47 Å². The van der Waals surface area contributed by atoms with Gasteiger partial charge in [0.15, 0.2) is 5.72 Å². The number of hydrogen-bond donors (Lipinski definition) is 1. The third-order valence-corrected chi connectivity index (χ3v) is 4.56. The summed E-state index contributed by atoms with van der Waals surface area (Å²) in [7, 11) is 0. The Balaban J connectivity index is 2.10. The van der Waals surface area contributed by atoms with Crippen LogP contribution >= 0.6 is 0 Å². The number of piperidine rings is 1. The fourth-order valence-electron chi connectivity index (χ4n) is 3.36. The second-order valence-corrected chi connectivity index (χ2v) is 5.78. The number of carbonyl (C=O) groups is 2. The highest BCUT2D eigenvalue weighted by molar-refractivity contribution is 6.00. The molecule has 1 fully saturated rings. The van der Waals surface area contributed by atoms with Gasteiger partial charge in [0.25, 0.3) is 0 Å². The van der Waals surface area contributed by atoms with Crippen molar-refractivity contribution in [3.63, 3.8) is 0 Å². The van der Waals surface area contributed by atoms with Crippen LogP contribution < -0.4 is 10.1 Å². The molecule has 1 amide bonds. The molecule has 2 aliphatic rings. The third kappa shape index (κ3) is 1.99. The van der Waals surface area contributed by atoms with Crippen LogP contribution in [0.2, 0.25) is 0 Å². The molecule has 0 aromatic heterocycles. The van der Waals surface area contributed by atoms with Crippen LogP contribution in [0.3, 0.4) is 0 Å². The number of nitrogens with one attached hydrogen (secondary N) is 1. The van der Waals surface area contributed by atoms with Crippen molar-refractivity contribution in [3.8, 4) is 5.75 Å². The standard InChI is InChI=1S/C16H19NO4/c1-4-20-15(19)13-12-9(2)16(3,17-14(13)18)21-11-8-6-5-7-10(11)12/h5-9,12-13H,4H2,1-3H3,(H,17,18)/t9-,12+,13+,16+/m1/s1. The van der Waals surface area contributed by atoms with Crippen molar-refractivity contribution in [1.29, 1.82) is 0 Å². The van der Waals surface area contributed by atoms with Crippen LogP contribution in [0.15, 0.2) is 24.3 Å². The van der Waals surface area contributed by atoms with Gasteiger partial charge in [-0.2, -0.15) is 0 Å². The minimum Gasteiger partial charge on any atom is -0.468 e. The third-order valence-electron chi connectivity index (χ3n) is 4.56. The summed E-state index contributed by atoms with van der Waals surface area (Å²) in [5.41, 5.74) is 0.106. The van der Waals surface area contributed by atoms with E-state index in [0.717, 1.165) is 11.3 Å². The maximum atomic E-state index is 12.4. The quantitative estimate of drug-likeness (QED) is 0.666. The average molecular weight is 289 g/mol. The molecule has 4 atom stereocenters. The Bertz CT molecular complexity index is 600. The van der Waals surface area contributed by atoms with Gasteiger partial charge in [0.2, 0.25) is 5.91 Å². The van der Waals surface area contributed by atoms with Crippen molar-refractivity contribution in [2.45, 2.75) is 32.4 Å². The van der Waals surface area contributed by atoms with Gasteiger partial charge in [-0.05, 0) is 25.5 Å². The van der Waals surface area contributed by atoms with Crippen molar-refractivity contribution < 1.29 is 19.1 Å². The van der Waals surface area contributed by atoms with Gasteiger partial charge in [0.1, 0.15) is 11.7 Å². The molecule has 112 valence electrons. The normalized spacial score (nSPS) is 33.5. The van der Waals surface area contributed by atoms with E-state index in [1.807, 2.05) is 38.1 Å². The first-order chi connectivity index (χ1) is 9.98. The van der Waals surface area contributed by atoms with Crippen LogP contribution in [0, 0.1) is 11.8 Å². The number of rotatable bonds is 2. The molecule has 0 aliphatic carbocycles. The van der Waals surface area contributed by atoms with Gasteiger partial charge in [-0.15, -0.1) is 0 Å². The molecule has 0 saturated carbocycles. The smallest absolute Gasteiger partial charge is 0.319 e. The first kappa shape index (κ1) is 13.9. The molecule has 2 bridgehead atoms. The number of para-hydroxylation sites is 1. The molecule has 2 aliphatic heterocycles. The highest BCUT2D eigenvalue weighted by Gasteiger charge is 2.56. The number of carbonyl (C=O) groups excluding carboxylic acids is 2. The summed E-state index contributed by atoms with van der Waals surface area (Å²) in [6.07, 6.45) is 0. The highest BCUT2D eigenvalue weighted by atomic mass is 16.5. The molecule has 1 aromatic rings. The molecule has 0 spiro atoms. The Hall–Kier alpha value is -2.04. The summed E-state index contributed by atoms with van der Waals surface area (Å²) >= 11 is 0. The summed E-state index contributed by atoms with van der Waals surface area (Å²) in [4.78, 5) is 24.6. The zero-order chi connectivity index (χ0) is 15.2. The summed E-state index contributed by atoms with van der Waals surface area (Å²) in [6, 6.07) is 7.56. The van der Waals surface area contributed by atoms with E-state index >= 15 is 0 Å². The van der Waals surface area contributed by atoms with Crippen LogP contribution in [0.1, 0.15) is 32.3 Å². The summed E-state index contributed by atoms with van der Waals surface area (Å²) in [6.45, 7) is 5.84. The van der Waals surface area contributed by atoms with E-state index in [1.54, 1.807) is 6.92 Å². The lowest BCUT2D eigenvalue weighted by molar-refractivity contribution is -0.165. The Morgan fingerprint density at radius 3 is 2.86 bits per heavy atom. The number of esters is 1. The monoisotopic (exact) mass is 289 g/mol. The fraction of sp³-hybridized carbons (Fsp3) is 0.500. The van der Waals surface area contributed by atoms with Gasteiger partial charge in [-0.1, -0.05) is 25.1 Å². The second kappa shape index (κ2) is 4.76. The van der Waals surface area contributed by atoms with Gasteiger partial charge in [-0.3, -0.25) is 9.59 Å². The number of benzene rings is 1. The first-order valence-electron chi connectivity index (χ1n) is 7.24. The summed E-state index contributed by atoms with van der Waals surface area (Å²) in [5, 5.41) is 2.84. The number of hydrogen-bond acceptors (Lipinski definition) is 4. The fourth-order valence-corrected chi connectivity index (χ4v) is 3.36. The van der Waals surface area contributed by atoms with Crippen molar-refractivity contribution in [2.24, 2.45) is 11.8 Å². The van der Waals surface area contributed by atoms with Gasteiger partial charge < -0.3 is 14.8 Å². The Morgan fingerprint density at radius 1 is 1.43 bits per heavy atom. The molecule has 1 saturated heterocycles. The molecule has 5 heteroatoms. The zero-order valence-electron chi connectivity index (χ0n) is 12.4. The van der Waals surface area contributed by atoms with E-state index in [0.29, 0.717) is 0 Å². The molecule has 5 nitrogen and oxygen atoms in total. The molecule has 0 radical (unpaired) electrons. The summed E-state index contributed by atoms with van der Waals surface area (Å²) < 4.78 is 11.1. The summed E-state index contributed by atoms with van der Waals surface area (Å²) in [5.74, 6) is -1.15. The van der Waals surface area contributed by atoms with Gasteiger partial charge >= 0.3 is 5.97 Å². The van der Waals surface area contributed by atoms with Gasteiger partial charge in [0, 0.05) is 11.8 Å². The number of amides is 1. The van der Waals surface area contributed by atoms with Crippen molar-refractivity contribution in [3.05, 3.63) is 29.8 Å². The Labute approximate surface area is 123 Å². The predicted octanol–water partition coefficient (Wildman–Crippen LogP) is 1.82. The average Bonchev–Trinajstić information content (AvgIpc) is 2.42. The molecule has 1 aromatic carbocycles. The number of fused-ring (bicyclic) bond motifs is 4. The van der Waals surface area contributed by atoms with Crippen LogP contribution in [-0.2, 0) is 14.3 Å². The minimum absolute atomic E-state index is 0.0282. The van der Waals surface area contributed by atoms with Crippen LogP contribution in [0.5, 0.6) is 5.75 Å². The van der Waals surface area contributed by atoms with E-state index in [1.165, 1.54) is 0 Å². The van der Waals surface area contributed by atoms with Crippen molar-refractivity contribution >= 4 is 11.9 Å². The van der Waals surface area contributed by atoms with E-state index in [-0.39, 0.29) is 24.3 Å². The first-order valence-corrected chi connectivity index (χ1v) is 7.24. The SMILES string of the molecule is CCOC(=O)[C@@H]1C(=O)N[C@@]2(C)Oc3ccccc3[C@@H]1[C@H]2C. The van der Waals surface area contributed by atoms with Gasteiger partial charge in [-0.25, -0.2) is 0 Å². The predicted molar refractivity (Wildman–Crippen MR) is 75.6 cm³/mol. The minimum atomic E-state index is -0.821.